The second kappa shape index (κ2) is 8.43. The van der Waals surface area contributed by atoms with E-state index in [1.165, 1.54) is 0 Å². The molecular formula is C24H19ClN2O3. The van der Waals surface area contributed by atoms with Gasteiger partial charge in [0.1, 0.15) is 0 Å². The average molecular weight is 419 g/mol. The van der Waals surface area contributed by atoms with E-state index in [9.17, 15) is 9.59 Å². The van der Waals surface area contributed by atoms with Gasteiger partial charge in [0, 0.05) is 24.2 Å². The van der Waals surface area contributed by atoms with E-state index >= 15 is 0 Å². The molecule has 3 aromatic carbocycles. The highest BCUT2D eigenvalue weighted by atomic mass is 35.5. The van der Waals surface area contributed by atoms with Crippen molar-refractivity contribution >= 4 is 35.2 Å². The van der Waals surface area contributed by atoms with Crippen molar-refractivity contribution in [1.82, 2.24) is 4.90 Å². The molecule has 1 aliphatic heterocycles. The van der Waals surface area contributed by atoms with Gasteiger partial charge in [-0.25, -0.2) is 0 Å². The van der Waals surface area contributed by atoms with E-state index in [4.69, 9.17) is 16.3 Å². The zero-order valence-electron chi connectivity index (χ0n) is 16.3. The highest BCUT2D eigenvalue weighted by molar-refractivity contribution is 6.30. The van der Waals surface area contributed by atoms with E-state index in [0.717, 1.165) is 11.1 Å². The quantitative estimate of drug-likeness (QED) is 0.607. The van der Waals surface area contributed by atoms with Gasteiger partial charge in [-0.1, -0.05) is 54.1 Å². The molecule has 5 nitrogen and oxygen atoms in total. The Hall–Kier alpha value is -3.57. The summed E-state index contributed by atoms with van der Waals surface area (Å²) in [7, 11) is 1.75. The van der Waals surface area contributed by atoms with Crippen LogP contribution in [0.15, 0.2) is 78.6 Å². The summed E-state index contributed by atoms with van der Waals surface area (Å²) in [4.78, 5) is 26.9. The fourth-order valence-electron chi connectivity index (χ4n) is 3.19. The van der Waals surface area contributed by atoms with Crippen LogP contribution in [0, 0.1) is 0 Å². The number of fused-ring (bicyclic) bond motifs is 1. The number of rotatable bonds is 4. The van der Waals surface area contributed by atoms with Crippen molar-refractivity contribution in [2.75, 3.05) is 12.4 Å². The molecule has 0 aromatic heterocycles. The molecule has 1 heterocycles. The maximum absolute atomic E-state index is 12.8. The Kier molecular flexibility index (Phi) is 5.55. The lowest BCUT2D eigenvalue weighted by molar-refractivity contribution is -0.115. The van der Waals surface area contributed by atoms with E-state index in [2.05, 4.69) is 5.32 Å². The van der Waals surface area contributed by atoms with Crippen molar-refractivity contribution in [1.29, 1.82) is 0 Å². The molecule has 0 unspecified atom stereocenters. The third-order valence-electron chi connectivity index (χ3n) is 4.67. The summed E-state index contributed by atoms with van der Waals surface area (Å²) >= 11 is 6.00. The van der Waals surface area contributed by atoms with Crippen LogP contribution in [0.3, 0.4) is 0 Å². The Balaban J connectivity index is 1.53. The summed E-state index contributed by atoms with van der Waals surface area (Å²) in [5.74, 6) is 0.107. The standard InChI is InChI=1S/C24H19ClN2O3/c1-27(15-16-6-3-2-4-7-16)24(29)18-10-11-21-20(14-18)26-23(28)22(30-21)13-17-8-5-9-19(25)12-17/h2-14H,15H2,1H3,(H,26,28)/b22-13-. The number of carbonyl (C=O) groups excluding carboxylic acids is 2. The molecule has 30 heavy (non-hydrogen) atoms. The smallest absolute Gasteiger partial charge is 0.291 e. The molecule has 1 aliphatic rings. The van der Waals surface area contributed by atoms with Crippen molar-refractivity contribution in [2.45, 2.75) is 6.54 Å². The van der Waals surface area contributed by atoms with Crippen LogP contribution in [-0.4, -0.2) is 23.8 Å². The molecule has 1 N–H and O–H groups in total. The fourth-order valence-corrected chi connectivity index (χ4v) is 3.39. The fraction of sp³-hybridized carbons (Fsp3) is 0.0833. The maximum Gasteiger partial charge on any atom is 0.291 e. The number of benzene rings is 3. The van der Waals surface area contributed by atoms with Crippen LogP contribution in [0.4, 0.5) is 5.69 Å². The van der Waals surface area contributed by atoms with Crippen LogP contribution in [0.25, 0.3) is 6.08 Å². The first kappa shape index (κ1) is 19.7. The van der Waals surface area contributed by atoms with Gasteiger partial charge >= 0.3 is 0 Å². The van der Waals surface area contributed by atoms with Crippen molar-refractivity contribution in [3.8, 4) is 5.75 Å². The Morgan fingerprint density at radius 3 is 2.63 bits per heavy atom. The number of ether oxygens (including phenoxy) is 1. The average Bonchev–Trinajstić information content (AvgIpc) is 2.74. The SMILES string of the molecule is CN(Cc1ccccc1)C(=O)c1ccc2c(c1)NC(=O)/C(=C/c1cccc(Cl)c1)O2. The summed E-state index contributed by atoms with van der Waals surface area (Å²) in [6.07, 6.45) is 1.62. The van der Waals surface area contributed by atoms with Gasteiger partial charge in [0.25, 0.3) is 11.8 Å². The Morgan fingerprint density at radius 2 is 1.87 bits per heavy atom. The predicted molar refractivity (Wildman–Crippen MR) is 117 cm³/mol. The van der Waals surface area contributed by atoms with Gasteiger partial charge in [-0.2, -0.15) is 0 Å². The van der Waals surface area contributed by atoms with Gasteiger partial charge in [-0.05, 0) is 47.5 Å². The van der Waals surface area contributed by atoms with Crippen molar-refractivity contribution < 1.29 is 14.3 Å². The Bertz CT molecular complexity index is 1140. The zero-order valence-corrected chi connectivity index (χ0v) is 17.0. The molecule has 0 spiro atoms. The highest BCUT2D eigenvalue weighted by Crippen LogP contribution is 2.33. The summed E-state index contributed by atoms with van der Waals surface area (Å²) in [5, 5.41) is 3.37. The van der Waals surface area contributed by atoms with E-state index in [1.807, 2.05) is 36.4 Å². The molecule has 0 saturated heterocycles. The first-order valence-corrected chi connectivity index (χ1v) is 9.77. The highest BCUT2D eigenvalue weighted by Gasteiger charge is 2.24. The molecule has 3 aromatic rings. The molecule has 0 bridgehead atoms. The first-order chi connectivity index (χ1) is 14.5. The van der Waals surface area contributed by atoms with E-state index < -0.39 is 0 Å². The molecule has 2 amide bonds. The number of amides is 2. The van der Waals surface area contributed by atoms with Crippen molar-refractivity contribution in [3.05, 3.63) is 100 Å². The molecule has 0 fully saturated rings. The number of hydrogen-bond acceptors (Lipinski definition) is 3. The minimum Gasteiger partial charge on any atom is -0.449 e. The van der Waals surface area contributed by atoms with Crippen molar-refractivity contribution in [2.24, 2.45) is 0 Å². The number of carbonyl (C=O) groups is 2. The Morgan fingerprint density at radius 1 is 1.07 bits per heavy atom. The number of anilines is 1. The van der Waals surface area contributed by atoms with Crippen LogP contribution in [0.5, 0.6) is 5.75 Å². The normalized spacial score (nSPS) is 13.9. The van der Waals surface area contributed by atoms with Crippen molar-refractivity contribution in [3.63, 3.8) is 0 Å². The minimum absolute atomic E-state index is 0.142. The monoisotopic (exact) mass is 418 g/mol. The number of nitrogens with one attached hydrogen (secondary N) is 1. The van der Waals surface area contributed by atoms with E-state index in [0.29, 0.717) is 28.6 Å². The van der Waals surface area contributed by atoms with Gasteiger partial charge in [0.15, 0.2) is 11.5 Å². The summed E-state index contributed by atoms with van der Waals surface area (Å²) in [6, 6.07) is 21.9. The predicted octanol–water partition coefficient (Wildman–Crippen LogP) is 4.98. The minimum atomic E-state index is -0.385. The van der Waals surface area contributed by atoms with Gasteiger partial charge < -0.3 is 15.0 Å². The second-order valence-electron chi connectivity index (χ2n) is 6.98. The Labute approximate surface area is 179 Å². The lowest BCUT2D eigenvalue weighted by Gasteiger charge is -2.22. The zero-order chi connectivity index (χ0) is 21.1. The van der Waals surface area contributed by atoms with Crippen LogP contribution in [0.1, 0.15) is 21.5 Å². The summed E-state index contributed by atoms with van der Waals surface area (Å²) < 4.78 is 5.76. The topological polar surface area (TPSA) is 58.6 Å². The molecule has 6 heteroatoms. The van der Waals surface area contributed by atoms with Crippen LogP contribution >= 0.6 is 11.6 Å². The van der Waals surface area contributed by atoms with Crippen LogP contribution in [-0.2, 0) is 11.3 Å². The molecule has 0 radical (unpaired) electrons. The lowest BCUT2D eigenvalue weighted by atomic mass is 10.1. The molecule has 150 valence electrons. The number of nitrogens with zero attached hydrogens (tertiary/aromatic N) is 1. The third kappa shape index (κ3) is 4.36. The van der Waals surface area contributed by atoms with Crippen LogP contribution < -0.4 is 10.1 Å². The van der Waals surface area contributed by atoms with E-state index in [-0.39, 0.29) is 17.6 Å². The van der Waals surface area contributed by atoms with E-state index in [1.54, 1.807) is 54.4 Å². The number of hydrogen-bond donors (Lipinski definition) is 1. The molecule has 0 aliphatic carbocycles. The summed E-state index contributed by atoms with van der Waals surface area (Å²) in [6.45, 7) is 0.492. The largest absolute Gasteiger partial charge is 0.449 e. The molecule has 0 atom stereocenters. The molecule has 4 rings (SSSR count). The van der Waals surface area contributed by atoms with Crippen LogP contribution in [0.2, 0.25) is 5.02 Å². The number of halogens is 1. The molecular weight excluding hydrogens is 400 g/mol. The first-order valence-electron chi connectivity index (χ1n) is 9.39. The van der Waals surface area contributed by atoms with Gasteiger partial charge in [-0.15, -0.1) is 0 Å². The second-order valence-corrected chi connectivity index (χ2v) is 7.41. The van der Waals surface area contributed by atoms with Gasteiger partial charge in [0.05, 0.1) is 5.69 Å². The third-order valence-corrected chi connectivity index (χ3v) is 4.91. The molecule has 0 saturated carbocycles. The van der Waals surface area contributed by atoms with Gasteiger partial charge in [-0.3, -0.25) is 9.59 Å². The summed E-state index contributed by atoms with van der Waals surface area (Å²) in [5.41, 5.74) is 2.73. The lowest BCUT2D eigenvalue weighted by Crippen LogP contribution is -2.27. The maximum atomic E-state index is 12.8. The van der Waals surface area contributed by atoms with Gasteiger partial charge in [0.2, 0.25) is 0 Å².